The van der Waals surface area contributed by atoms with Crippen molar-refractivity contribution in [2.75, 3.05) is 78.0 Å². The largest absolute Gasteiger partial charge is 0 e. The monoisotopic (exact) mass is 560 g/mol. The van der Waals surface area contributed by atoms with E-state index in [1.54, 1.807) is 0 Å². The Morgan fingerprint density at radius 3 is 0.636 bits per heavy atom. The molecule has 0 aromatic carbocycles. The zero-order valence-electron chi connectivity index (χ0n) is 15.9. The van der Waals surface area contributed by atoms with Crippen molar-refractivity contribution in [1.82, 2.24) is 0 Å². The van der Waals surface area contributed by atoms with Gasteiger partial charge in [0.05, 0.1) is 0 Å². The van der Waals surface area contributed by atoms with E-state index in [-0.39, 0.29) is 51.9 Å². The summed E-state index contributed by atoms with van der Waals surface area (Å²) in [6.07, 6.45) is 5.92. The van der Waals surface area contributed by atoms with Crippen molar-refractivity contribution in [1.29, 1.82) is 0 Å². The zero-order chi connectivity index (χ0) is 17.1. The summed E-state index contributed by atoms with van der Waals surface area (Å²) in [7, 11) is 1.53. The predicted molar refractivity (Wildman–Crippen MR) is 108 cm³/mol. The summed E-state index contributed by atoms with van der Waals surface area (Å²) in [5.41, 5.74) is 0. The van der Waals surface area contributed by atoms with E-state index in [1.165, 1.54) is 24.6 Å². The Kier molecular flexibility index (Phi) is 63.6. The maximum absolute atomic E-state index is 7.50. The normalized spacial score (nSPS) is 8.36. The maximum Gasteiger partial charge on any atom is 0 e. The number of hydrogen-bond donors (Lipinski definition) is 0. The van der Waals surface area contributed by atoms with Crippen LogP contribution in [-0.2, 0) is 31.7 Å². The molecule has 0 saturated heterocycles. The first-order valence-electron chi connectivity index (χ1n) is 6.25. The van der Waals surface area contributed by atoms with E-state index in [9.17, 15) is 0 Å². The average molecular weight is 560 g/mol. The van der Waals surface area contributed by atoms with E-state index in [4.69, 9.17) is 9.30 Å². The smallest absolute Gasteiger partial charge is 0 e. The second kappa shape index (κ2) is 35.1. The summed E-state index contributed by atoms with van der Waals surface area (Å²) < 4.78 is 15.0. The van der Waals surface area contributed by atoms with Crippen molar-refractivity contribution in [3.8, 4) is 0 Å². The van der Waals surface area contributed by atoms with Crippen LogP contribution in [-0.4, -0.2) is 108 Å². The summed E-state index contributed by atoms with van der Waals surface area (Å²) >= 11 is 0. The minimum absolute atomic E-state index is 0. The van der Waals surface area contributed by atoms with Crippen molar-refractivity contribution in [3.05, 3.63) is 13.3 Å². The molecule has 2 radical (unpaired) electrons. The number of rotatable bonds is 6. The van der Waals surface area contributed by atoms with Crippen LogP contribution in [0.15, 0.2) is 0 Å². The molecule has 0 aliphatic heterocycles. The molecule has 0 aromatic rings. The molecule has 0 atom stereocenters. The Labute approximate surface area is 182 Å². The Morgan fingerprint density at radius 1 is 0.500 bits per heavy atom. The second-order valence-corrected chi connectivity index (χ2v) is 15.6. The van der Waals surface area contributed by atoms with Gasteiger partial charge in [-0.15, -0.1) is 31.7 Å². The van der Waals surface area contributed by atoms with Gasteiger partial charge < -0.3 is 0 Å². The molecule has 0 aliphatic rings. The van der Waals surface area contributed by atoms with E-state index in [2.05, 4.69) is 66.6 Å². The van der Waals surface area contributed by atoms with Crippen molar-refractivity contribution in [3.63, 3.8) is 0 Å². The van der Waals surface area contributed by atoms with Crippen LogP contribution in [0.1, 0.15) is 0 Å². The van der Waals surface area contributed by atoms with Crippen LogP contribution in [0.4, 0.5) is 0 Å². The molecule has 0 bridgehead atoms. The summed E-state index contributed by atoms with van der Waals surface area (Å²) in [5, 5.41) is 0. The van der Waals surface area contributed by atoms with Crippen molar-refractivity contribution < 1.29 is 31.7 Å². The Bertz CT molecular complexity index is 176. The maximum atomic E-state index is 7.50. The topological polar surface area (TPSA) is 39.8 Å². The first-order valence-corrected chi connectivity index (χ1v) is 15.9. The SMILES string of the molecule is CP(C)CCP(C)C.CP(C)CCP(C)C.[C-]#[O+].[C-]#[O+].[Na].[Ta]. The summed E-state index contributed by atoms with van der Waals surface area (Å²) in [6, 6.07) is 0. The summed E-state index contributed by atoms with van der Waals surface area (Å²) in [6.45, 7) is 27.8. The summed E-state index contributed by atoms with van der Waals surface area (Å²) in [5.74, 6) is 0. The molecule has 0 saturated carbocycles. The molecule has 0 rings (SSSR count). The van der Waals surface area contributed by atoms with E-state index in [1.807, 2.05) is 0 Å². The average Bonchev–Trinajstić information content (AvgIpc) is 2.39. The third-order valence-electron chi connectivity index (χ3n) is 1.99. The van der Waals surface area contributed by atoms with Crippen LogP contribution in [0, 0.1) is 13.3 Å². The molecular weight excluding hydrogens is 528 g/mol. The second-order valence-electron chi connectivity index (χ2n) is 5.21. The number of hydrogen-bond acceptors (Lipinski definition) is 0. The van der Waals surface area contributed by atoms with Gasteiger partial charge in [-0.25, -0.2) is 0 Å². The van der Waals surface area contributed by atoms with Crippen LogP contribution in [0.3, 0.4) is 0 Å². The summed E-state index contributed by atoms with van der Waals surface area (Å²) in [4.78, 5) is 0. The molecule has 0 aliphatic carbocycles. The van der Waals surface area contributed by atoms with Crippen molar-refractivity contribution in [2.24, 2.45) is 0 Å². The third kappa shape index (κ3) is 65.9. The Balaban J connectivity index is -0.0000000440. The molecular formula is C14H32NaO2P4Ta. The predicted octanol–water partition coefficient (Wildman–Crippen LogP) is 4.48. The van der Waals surface area contributed by atoms with Crippen LogP contribution < -0.4 is 0 Å². The van der Waals surface area contributed by atoms with Crippen molar-refractivity contribution in [2.45, 2.75) is 0 Å². The van der Waals surface area contributed by atoms with Gasteiger partial charge >= 0.3 is 22.6 Å². The minimum atomic E-state index is 0. The molecule has 0 fully saturated rings. The fraction of sp³-hybridized carbons (Fsp3) is 0.857. The fourth-order valence-electron chi connectivity index (χ4n) is 0.800. The first-order chi connectivity index (χ1) is 9.25. The minimum Gasteiger partial charge on any atom is 0 e. The van der Waals surface area contributed by atoms with Gasteiger partial charge in [0.25, 0.3) is 0 Å². The van der Waals surface area contributed by atoms with E-state index < -0.39 is 0 Å². The van der Waals surface area contributed by atoms with Gasteiger partial charge in [0.15, 0.2) is 0 Å². The van der Waals surface area contributed by atoms with Crippen molar-refractivity contribution >= 4 is 61.2 Å². The zero-order valence-corrected chi connectivity index (χ0v) is 24.7. The molecule has 0 unspecified atom stereocenters. The molecule has 0 spiro atoms. The molecule has 8 heteroatoms. The molecule has 0 heterocycles. The molecule has 0 amide bonds. The van der Waals surface area contributed by atoms with Gasteiger partial charge in [0, 0.05) is 51.9 Å². The third-order valence-corrected chi connectivity index (χ3v) is 7.17. The standard InChI is InChI=1S/2C6H16P2.2CO.Na.Ta/c2*1-7(2)5-6-8(3)4;2*1-2;;/h2*5-6H2,1-4H3;;;;. The van der Waals surface area contributed by atoms with E-state index >= 15 is 0 Å². The quantitative estimate of drug-likeness (QED) is 0.199. The van der Waals surface area contributed by atoms with Crippen LogP contribution in [0.2, 0.25) is 0 Å². The first kappa shape index (κ1) is 39.8. The van der Waals surface area contributed by atoms with E-state index in [0.29, 0.717) is 31.7 Å². The molecule has 22 heavy (non-hydrogen) atoms. The molecule has 126 valence electrons. The molecule has 0 N–H and O–H groups in total. The van der Waals surface area contributed by atoms with Gasteiger partial charge in [-0.1, -0.05) is 0 Å². The van der Waals surface area contributed by atoms with Gasteiger partial charge in [0.1, 0.15) is 0 Å². The van der Waals surface area contributed by atoms with Crippen LogP contribution in [0.25, 0.3) is 0 Å². The Hall–Kier alpha value is 2.94. The van der Waals surface area contributed by atoms with E-state index in [0.717, 1.165) is 0 Å². The fourth-order valence-corrected chi connectivity index (χ4v) is 7.20. The van der Waals surface area contributed by atoms with Crippen LogP contribution >= 0.6 is 31.7 Å². The molecule has 0 aromatic heterocycles. The van der Waals surface area contributed by atoms with Gasteiger partial charge in [-0.2, -0.15) is 0 Å². The van der Waals surface area contributed by atoms with Gasteiger partial charge in [-0.05, 0) is 78.0 Å². The molecule has 2 nitrogen and oxygen atoms in total. The Morgan fingerprint density at radius 2 is 0.591 bits per heavy atom. The van der Waals surface area contributed by atoms with Crippen LogP contribution in [0.5, 0.6) is 0 Å². The van der Waals surface area contributed by atoms with Gasteiger partial charge in [0.2, 0.25) is 0 Å². The van der Waals surface area contributed by atoms with Gasteiger partial charge in [-0.3, -0.25) is 0 Å².